The number of Topliss-reactive ketones (excluding diaryl/α,β-unsaturated/α-hetero) is 1. The van der Waals surface area contributed by atoms with E-state index in [2.05, 4.69) is 10.6 Å². The number of fused-ring (bicyclic) bond motifs is 1. The van der Waals surface area contributed by atoms with Gasteiger partial charge in [-0.25, -0.2) is 4.39 Å². The van der Waals surface area contributed by atoms with Crippen molar-refractivity contribution in [3.05, 3.63) is 28.6 Å². The summed E-state index contributed by atoms with van der Waals surface area (Å²) in [6.07, 6.45) is -0.110. The Morgan fingerprint density at radius 3 is 2.83 bits per heavy atom. The molecule has 6 nitrogen and oxygen atoms in total. The van der Waals surface area contributed by atoms with Gasteiger partial charge in [0.1, 0.15) is 5.82 Å². The molecule has 126 valence electrons. The summed E-state index contributed by atoms with van der Waals surface area (Å²) in [6, 6.07) is 0.583. The van der Waals surface area contributed by atoms with E-state index in [-0.39, 0.29) is 23.9 Å². The maximum Gasteiger partial charge on any atom is 0.217 e. The number of nitrogens with one attached hydrogen (secondary N) is 2. The summed E-state index contributed by atoms with van der Waals surface area (Å²) in [7, 11) is 0. The van der Waals surface area contributed by atoms with Gasteiger partial charge in [-0.05, 0) is 37.0 Å². The smallest absolute Gasteiger partial charge is 0.217 e. The third-order valence-corrected chi connectivity index (χ3v) is 4.02. The van der Waals surface area contributed by atoms with Crippen molar-refractivity contribution in [1.29, 1.82) is 0 Å². The molecule has 0 spiro atoms. The molecule has 0 saturated heterocycles. The molecule has 7 heteroatoms. The minimum Gasteiger partial charge on any atom is -0.394 e. The molecule has 1 amide bonds. The molecule has 2 rings (SSSR count). The van der Waals surface area contributed by atoms with Crippen LogP contribution in [0, 0.1) is 12.7 Å². The topological polar surface area (TPSA) is 98.7 Å². The average Bonchev–Trinajstić information content (AvgIpc) is 2.50. The van der Waals surface area contributed by atoms with Gasteiger partial charge in [0, 0.05) is 24.7 Å². The van der Waals surface area contributed by atoms with Crippen molar-refractivity contribution < 1.29 is 24.2 Å². The lowest BCUT2D eigenvalue weighted by Gasteiger charge is -2.28. The van der Waals surface area contributed by atoms with Gasteiger partial charge in [-0.1, -0.05) is 0 Å². The lowest BCUT2D eigenvalue weighted by Crippen LogP contribution is -2.43. The quantitative estimate of drug-likeness (QED) is 0.633. The largest absolute Gasteiger partial charge is 0.394 e. The van der Waals surface area contributed by atoms with Crippen LogP contribution in [0.2, 0.25) is 0 Å². The molecule has 2 atom stereocenters. The summed E-state index contributed by atoms with van der Waals surface area (Å²) >= 11 is 0. The van der Waals surface area contributed by atoms with Crippen LogP contribution in [-0.4, -0.2) is 47.2 Å². The standard InChI is InChI=1S/C16H21FN2O4/c1-8-11-3-4-13(19-9(2)21)16(23)15(11)14(5-12(8)17)18-6-10(22)7-20/h5,10,13,18,20,22H,3-4,6-7H2,1-2H3,(H,19,21). The van der Waals surface area contributed by atoms with Gasteiger partial charge in [0.15, 0.2) is 5.78 Å². The number of rotatable bonds is 5. The number of amides is 1. The highest BCUT2D eigenvalue weighted by molar-refractivity contribution is 6.08. The Balaban J connectivity index is 2.39. The van der Waals surface area contributed by atoms with Crippen molar-refractivity contribution in [3.63, 3.8) is 0 Å². The maximum atomic E-state index is 14.1. The molecule has 2 unspecified atom stereocenters. The van der Waals surface area contributed by atoms with Gasteiger partial charge in [0.05, 0.1) is 18.8 Å². The summed E-state index contributed by atoms with van der Waals surface area (Å²) in [5, 5.41) is 23.7. The van der Waals surface area contributed by atoms with Crippen molar-refractivity contribution in [2.24, 2.45) is 0 Å². The van der Waals surface area contributed by atoms with E-state index >= 15 is 0 Å². The van der Waals surface area contributed by atoms with E-state index in [0.717, 1.165) is 0 Å². The zero-order valence-corrected chi connectivity index (χ0v) is 13.1. The van der Waals surface area contributed by atoms with E-state index in [1.54, 1.807) is 6.92 Å². The van der Waals surface area contributed by atoms with Crippen LogP contribution >= 0.6 is 0 Å². The second-order valence-corrected chi connectivity index (χ2v) is 5.76. The van der Waals surface area contributed by atoms with E-state index < -0.39 is 24.6 Å². The molecule has 0 aromatic heterocycles. The molecule has 0 heterocycles. The van der Waals surface area contributed by atoms with Crippen LogP contribution in [0.15, 0.2) is 6.07 Å². The van der Waals surface area contributed by atoms with Crippen LogP contribution in [-0.2, 0) is 11.2 Å². The molecule has 0 saturated carbocycles. The van der Waals surface area contributed by atoms with Crippen LogP contribution < -0.4 is 10.6 Å². The normalized spacial score (nSPS) is 18.3. The Morgan fingerprint density at radius 1 is 1.52 bits per heavy atom. The van der Waals surface area contributed by atoms with Gasteiger partial charge in [0.25, 0.3) is 0 Å². The summed E-state index contributed by atoms with van der Waals surface area (Å²) in [5.74, 6) is -1.00. The van der Waals surface area contributed by atoms with E-state index in [1.807, 2.05) is 0 Å². The Labute approximate surface area is 133 Å². The number of anilines is 1. The second kappa shape index (κ2) is 7.06. The number of ketones is 1. The van der Waals surface area contributed by atoms with Gasteiger partial charge in [-0.15, -0.1) is 0 Å². The van der Waals surface area contributed by atoms with E-state index in [1.165, 1.54) is 13.0 Å². The molecule has 4 N–H and O–H groups in total. The summed E-state index contributed by atoms with van der Waals surface area (Å²) in [4.78, 5) is 23.9. The molecule has 1 aliphatic carbocycles. The third kappa shape index (κ3) is 3.68. The van der Waals surface area contributed by atoms with Crippen LogP contribution in [0.3, 0.4) is 0 Å². The fourth-order valence-electron chi connectivity index (χ4n) is 2.80. The highest BCUT2D eigenvalue weighted by Crippen LogP contribution is 2.32. The lowest BCUT2D eigenvalue weighted by molar-refractivity contribution is -0.119. The van der Waals surface area contributed by atoms with E-state index in [9.17, 15) is 19.1 Å². The SMILES string of the molecule is CC(=O)NC1CCc2c(C)c(F)cc(NCC(O)CO)c2C1=O. The van der Waals surface area contributed by atoms with Crippen molar-refractivity contribution in [2.75, 3.05) is 18.5 Å². The maximum absolute atomic E-state index is 14.1. The Hall–Kier alpha value is -1.99. The molecular weight excluding hydrogens is 303 g/mol. The number of carbonyl (C=O) groups excluding carboxylic acids is 2. The molecule has 1 aliphatic rings. The highest BCUT2D eigenvalue weighted by atomic mass is 19.1. The van der Waals surface area contributed by atoms with Gasteiger partial charge in [-0.2, -0.15) is 0 Å². The average molecular weight is 324 g/mol. The molecule has 0 bridgehead atoms. The molecule has 1 aromatic carbocycles. The number of aliphatic hydroxyl groups is 2. The minimum atomic E-state index is -1.01. The molecule has 0 radical (unpaired) electrons. The van der Waals surface area contributed by atoms with Crippen molar-refractivity contribution in [2.45, 2.75) is 38.8 Å². The fraction of sp³-hybridized carbons (Fsp3) is 0.500. The van der Waals surface area contributed by atoms with Gasteiger partial charge < -0.3 is 20.8 Å². The zero-order chi connectivity index (χ0) is 17.1. The van der Waals surface area contributed by atoms with Gasteiger partial charge in [0.2, 0.25) is 5.91 Å². The van der Waals surface area contributed by atoms with Crippen molar-refractivity contribution in [1.82, 2.24) is 5.32 Å². The number of carbonyl (C=O) groups is 2. The molecule has 1 aromatic rings. The third-order valence-electron chi connectivity index (χ3n) is 4.02. The van der Waals surface area contributed by atoms with Crippen molar-refractivity contribution in [3.8, 4) is 0 Å². The first-order chi connectivity index (χ1) is 10.8. The highest BCUT2D eigenvalue weighted by Gasteiger charge is 2.32. The minimum absolute atomic E-state index is 0.0104. The summed E-state index contributed by atoms with van der Waals surface area (Å²) < 4.78 is 14.1. The summed E-state index contributed by atoms with van der Waals surface area (Å²) in [6.45, 7) is 2.51. The van der Waals surface area contributed by atoms with Crippen LogP contribution in [0.5, 0.6) is 0 Å². The molecule has 23 heavy (non-hydrogen) atoms. The monoisotopic (exact) mass is 324 g/mol. The fourth-order valence-corrected chi connectivity index (χ4v) is 2.80. The molecule has 0 aliphatic heterocycles. The molecule has 0 fully saturated rings. The van der Waals surface area contributed by atoms with Crippen molar-refractivity contribution >= 4 is 17.4 Å². The van der Waals surface area contributed by atoms with Gasteiger partial charge in [-0.3, -0.25) is 9.59 Å². The first-order valence-electron chi connectivity index (χ1n) is 7.51. The van der Waals surface area contributed by atoms with Crippen LogP contribution in [0.1, 0.15) is 34.8 Å². The zero-order valence-electron chi connectivity index (χ0n) is 13.1. The van der Waals surface area contributed by atoms with Gasteiger partial charge >= 0.3 is 0 Å². The number of benzene rings is 1. The van der Waals surface area contributed by atoms with E-state index in [0.29, 0.717) is 29.5 Å². The Morgan fingerprint density at radius 2 is 2.22 bits per heavy atom. The summed E-state index contributed by atoms with van der Waals surface area (Å²) in [5.41, 5.74) is 1.66. The first-order valence-corrected chi connectivity index (χ1v) is 7.51. The molecular formula is C16H21FN2O4. The Kier molecular flexibility index (Phi) is 5.33. The Bertz CT molecular complexity index is 633. The van der Waals surface area contributed by atoms with Crippen LogP contribution in [0.25, 0.3) is 0 Å². The first kappa shape index (κ1) is 17.4. The lowest BCUT2D eigenvalue weighted by atomic mass is 9.83. The number of halogens is 1. The second-order valence-electron chi connectivity index (χ2n) is 5.76. The van der Waals surface area contributed by atoms with Crippen LogP contribution in [0.4, 0.5) is 10.1 Å². The number of aliphatic hydroxyl groups excluding tert-OH is 2. The van der Waals surface area contributed by atoms with E-state index in [4.69, 9.17) is 5.11 Å². The number of hydrogen-bond acceptors (Lipinski definition) is 5. The predicted octanol–water partition coefficient (Wildman–Crippen LogP) is 0.533. The predicted molar refractivity (Wildman–Crippen MR) is 83.0 cm³/mol. The number of hydrogen-bond donors (Lipinski definition) is 4.